The normalized spacial score (nSPS) is 12.0. The summed E-state index contributed by atoms with van der Waals surface area (Å²) >= 11 is 0. The standard InChI is InChI=1S/C13H5F6N3/c14-12(15,16)10-8(6-20)9(7-4-2-1-3-5-7)21-11(22-10)13(17,18)19/h1-5H. The molecule has 2 aromatic rings. The van der Waals surface area contributed by atoms with Crippen LogP contribution in [0.15, 0.2) is 30.3 Å². The number of aromatic nitrogens is 2. The number of alkyl halides is 6. The van der Waals surface area contributed by atoms with Gasteiger partial charge in [-0.3, -0.25) is 0 Å². The first-order valence-electron chi connectivity index (χ1n) is 5.66. The van der Waals surface area contributed by atoms with Crippen LogP contribution in [0.5, 0.6) is 0 Å². The molecule has 0 radical (unpaired) electrons. The van der Waals surface area contributed by atoms with Crippen molar-refractivity contribution in [2.24, 2.45) is 0 Å². The Labute approximate surface area is 119 Å². The summed E-state index contributed by atoms with van der Waals surface area (Å²) in [4.78, 5) is 5.59. The van der Waals surface area contributed by atoms with Gasteiger partial charge in [-0.2, -0.15) is 31.6 Å². The zero-order valence-electron chi connectivity index (χ0n) is 10.5. The second kappa shape index (κ2) is 5.29. The van der Waals surface area contributed by atoms with Gasteiger partial charge in [0.15, 0.2) is 5.69 Å². The topological polar surface area (TPSA) is 49.6 Å². The molecule has 1 aromatic heterocycles. The van der Waals surface area contributed by atoms with Gasteiger partial charge < -0.3 is 0 Å². The summed E-state index contributed by atoms with van der Waals surface area (Å²) < 4.78 is 76.8. The second-order valence-corrected chi connectivity index (χ2v) is 4.09. The van der Waals surface area contributed by atoms with Crippen LogP contribution >= 0.6 is 0 Å². The van der Waals surface area contributed by atoms with E-state index in [0.717, 1.165) is 0 Å². The van der Waals surface area contributed by atoms with Crippen molar-refractivity contribution in [3.63, 3.8) is 0 Å². The molecule has 0 spiro atoms. The Hall–Kier alpha value is -2.63. The summed E-state index contributed by atoms with van der Waals surface area (Å²) in [7, 11) is 0. The first-order valence-corrected chi connectivity index (χ1v) is 5.66. The largest absolute Gasteiger partial charge is 0.451 e. The maximum atomic E-state index is 12.9. The summed E-state index contributed by atoms with van der Waals surface area (Å²) in [6.45, 7) is 0. The van der Waals surface area contributed by atoms with Gasteiger partial charge in [-0.05, 0) is 0 Å². The van der Waals surface area contributed by atoms with Crippen LogP contribution in [0.2, 0.25) is 0 Å². The van der Waals surface area contributed by atoms with Gasteiger partial charge in [0.25, 0.3) is 0 Å². The van der Waals surface area contributed by atoms with Crippen LogP contribution in [0.3, 0.4) is 0 Å². The van der Waals surface area contributed by atoms with E-state index in [1.54, 1.807) is 0 Å². The molecule has 22 heavy (non-hydrogen) atoms. The predicted octanol–water partition coefficient (Wildman–Crippen LogP) is 4.05. The monoisotopic (exact) mass is 317 g/mol. The third-order valence-electron chi connectivity index (χ3n) is 2.59. The van der Waals surface area contributed by atoms with Gasteiger partial charge in [0, 0.05) is 5.56 Å². The Morgan fingerprint density at radius 3 is 1.91 bits per heavy atom. The van der Waals surface area contributed by atoms with Crippen molar-refractivity contribution in [2.45, 2.75) is 12.4 Å². The summed E-state index contributed by atoms with van der Waals surface area (Å²) in [5.74, 6) is -1.95. The van der Waals surface area contributed by atoms with Crippen LogP contribution in [0, 0.1) is 11.3 Å². The molecule has 0 unspecified atom stereocenters. The summed E-state index contributed by atoms with van der Waals surface area (Å²) in [6, 6.07) is 8.07. The number of nitriles is 1. The van der Waals surface area contributed by atoms with Gasteiger partial charge in [-0.25, -0.2) is 9.97 Å². The van der Waals surface area contributed by atoms with Gasteiger partial charge in [0.2, 0.25) is 5.82 Å². The fourth-order valence-electron chi connectivity index (χ4n) is 1.70. The predicted molar refractivity (Wildman–Crippen MR) is 62.2 cm³/mol. The highest BCUT2D eigenvalue weighted by Gasteiger charge is 2.43. The Bertz CT molecular complexity index is 728. The Morgan fingerprint density at radius 2 is 1.45 bits per heavy atom. The minimum atomic E-state index is -5.21. The molecule has 2 rings (SSSR count). The Morgan fingerprint density at radius 1 is 0.864 bits per heavy atom. The van der Waals surface area contributed by atoms with Gasteiger partial charge in [-0.15, -0.1) is 0 Å². The Balaban J connectivity index is 2.85. The molecule has 0 aliphatic rings. The lowest BCUT2D eigenvalue weighted by Crippen LogP contribution is -2.20. The van der Waals surface area contributed by atoms with Crippen molar-refractivity contribution < 1.29 is 26.3 Å². The van der Waals surface area contributed by atoms with E-state index in [4.69, 9.17) is 5.26 Å². The molecule has 0 saturated carbocycles. The van der Waals surface area contributed by atoms with Crippen molar-refractivity contribution >= 4 is 0 Å². The SMILES string of the molecule is N#Cc1c(-c2ccccc2)nc(C(F)(F)F)nc1C(F)(F)F. The lowest BCUT2D eigenvalue weighted by Gasteiger charge is -2.14. The van der Waals surface area contributed by atoms with E-state index < -0.39 is 35.1 Å². The zero-order chi connectivity index (χ0) is 16.5. The van der Waals surface area contributed by atoms with Gasteiger partial charge in [0.1, 0.15) is 11.6 Å². The van der Waals surface area contributed by atoms with E-state index in [1.807, 2.05) is 0 Å². The molecule has 3 nitrogen and oxygen atoms in total. The van der Waals surface area contributed by atoms with E-state index in [2.05, 4.69) is 9.97 Å². The molecular weight excluding hydrogens is 312 g/mol. The van der Waals surface area contributed by atoms with E-state index in [9.17, 15) is 26.3 Å². The zero-order valence-corrected chi connectivity index (χ0v) is 10.5. The van der Waals surface area contributed by atoms with Crippen molar-refractivity contribution in [3.8, 4) is 17.3 Å². The minimum absolute atomic E-state index is 0.0440. The molecule has 0 N–H and O–H groups in total. The number of nitrogens with zero attached hydrogens (tertiary/aromatic N) is 3. The summed E-state index contributed by atoms with van der Waals surface area (Å²) in [6.07, 6.45) is -10.4. The van der Waals surface area contributed by atoms with Crippen LogP contribution < -0.4 is 0 Å². The maximum absolute atomic E-state index is 12.9. The van der Waals surface area contributed by atoms with E-state index in [0.29, 0.717) is 0 Å². The number of hydrogen-bond donors (Lipinski definition) is 0. The Kier molecular flexibility index (Phi) is 3.79. The van der Waals surface area contributed by atoms with E-state index in [1.165, 1.54) is 36.4 Å². The highest BCUT2D eigenvalue weighted by molar-refractivity contribution is 5.67. The van der Waals surface area contributed by atoms with E-state index >= 15 is 0 Å². The second-order valence-electron chi connectivity index (χ2n) is 4.09. The van der Waals surface area contributed by atoms with Gasteiger partial charge in [0.05, 0.1) is 5.69 Å². The molecule has 0 aliphatic heterocycles. The lowest BCUT2D eigenvalue weighted by atomic mass is 10.0. The molecule has 0 saturated heterocycles. The minimum Gasteiger partial charge on any atom is -0.223 e. The smallest absolute Gasteiger partial charge is 0.223 e. The molecule has 9 heteroatoms. The van der Waals surface area contributed by atoms with E-state index in [-0.39, 0.29) is 5.56 Å². The van der Waals surface area contributed by atoms with Crippen molar-refractivity contribution in [1.29, 1.82) is 5.26 Å². The molecule has 0 amide bonds. The van der Waals surface area contributed by atoms with Crippen molar-refractivity contribution in [3.05, 3.63) is 47.4 Å². The highest BCUT2D eigenvalue weighted by atomic mass is 19.4. The average Bonchev–Trinajstić information content (AvgIpc) is 2.44. The fraction of sp³-hybridized carbons (Fsp3) is 0.154. The molecule has 0 aliphatic carbocycles. The molecule has 114 valence electrons. The first kappa shape index (κ1) is 15.8. The highest BCUT2D eigenvalue weighted by Crippen LogP contribution is 2.37. The summed E-state index contributed by atoms with van der Waals surface area (Å²) in [5.41, 5.74) is -3.71. The molecule has 1 aromatic carbocycles. The number of rotatable bonds is 1. The fourth-order valence-corrected chi connectivity index (χ4v) is 1.70. The van der Waals surface area contributed by atoms with Gasteiger partial charge in [-0.1, -0.05) is 30.3 Å². The third-order valence-corrected chi connectivity index (χ3v) is 2.59. The van der Waals surface area contributed by atoms with Crippen LogP contribution in [-0.4, -0.2) is 9.97 Å². The van der Waals surface area contributed by atoms with Crippen molar-refractivity contribution in [2.75, 3.05) is 0 Å². The number of halogens is 6. The third kappa shape index (κ3) is 3.00. The maximum Gasteiger partial charge on any atom is 0.451 e. The lowest BCUT2D eigenvalue weighted by molar-refractivity contribution is -0.152. The van der Waals surface area contributed by atoms with Crippen LogP contribution in [-0.2, 0) is 12.4 Å². The number of benzene rings is 1. The average molecular weight is 317 g/mol. The van der Waals surface area contributed by atoms with Crippen LogP contribution in [0.1, 0.15) is 17.1 Å². The quantitative estimate of drug-likeness (QED) is 0.746. The molecule has 0 bridgehead atoms. The molecule has 0 atom stereocenters. The van der Waals surface area contributed by atoms with Crippen molar-refractivity contribution in [1.82, 2.24) is 9.97 Å². The van der Waals surface area contributed by atoms with Gasteiger partial charge >= 0.3 is 12.4 Å². The molecular formula is C13H5F6N3. The molecule has 0 fully saturated rings. The number of hydrogen-bond acceptors (Lipinski definition) is 3. The summed E-state index contributed by atoms with van der Waals surface area (Å²) in [5, 5.41) is 8.91. The van der Waals surface area contributed by atoms with Crippen LogP contribution in [0.4, 0.5) is 26.3 Å². The molecule has 1 heterocycles. The van der Waals surface area contributed by atoms with Crippen LogP contribution in [0.25, 0.3) is 11.3 Å². The first-order chi connectivity index (χ1) is 10.1.